The van der Waals surface area contributed by atoms with Gasteiger partial charge in [-0.25, -0.2) is 0 Å². The Bertz CT molecular complexity index is 721. The molecule has 5 heteroatoms. The molecule has 0 radical (unpaired) electrons. The van der Waals surface area contributed by atoms with Crippen LogP contribution in [-0.2, 0) is 11.2 Å². The summed E-state index contributed by atoms with van der Waals surface area (Å²) in [4.78, 5) is 13.2. The summed E-state index contributed by atoms with van der Waals surface area (Å²) in [7, 11) is 0. The standard InChI is InChI=1S/C23H32BrNO3/c1-3-27-19-6-5-16(10-20(19)28-4-2)7-8-25-21(26)22-11-17-9-18(12-22)14-23(24,13-17)15-22/h5-6,10,17-18H,3-4,7-9,11-15H2,1-2H3,(H,25,26). The van der Waals surface area contributed by atoms with Crippen LogP contribution in [0, 0.1) is 17.3 Å². The van der Waals surface area contributed by atoms with E-state index in [1.165, 1.54) is 19.3 Å². The fourth-order valence-electron chi connectivity index (χ4n) is 6.18. The molecule has 1 amide bonds. The Morgan fingerprint density at radius 1 is 1.11 bits per heavy atom. The van der Waals surface area contributed by atoms with Crippen molar-refractivity contribution in [3.63, 3.8) is 0 Å². The van der Waals surface area contributed by atoms with Gasteiger partial charge < -0.3 is 14.8 Å². The van der Waals surface area contributed by atoms with Crippen LogP contribution in [0.2, 0.25) is 0 Å². The van der Waals surface area contributed by atoms with Gasteiger partial charge in [-0.2, -0.15) is 0 Å². The van der Waals surface area contributed by atoms with Gasteiger partial charge >= 0.3 is 0 Å². The zero-order valence-electron chi connectivity index (χ0n) is 17.1. The summed E-state index contributed by atoms with van der Waals surface area (Å²) in [5.74, 6) is 3.31. The van der Waals surface area contributed by atoms with E-state index in [1.54, 1.807) is 0 Å². The molecule has 2 unspecified atom stereocenters. The fourth-order valence-corrected chi connectivity index (χ4v) is 7.63. The van der Waals surface area contributed by atoms with Crippen molar-refractivity contribution in [3.8, 4) is 11.5 Å². The number of hydrogen-bond donors (Lipinski definition) is 1. The van der Waals surface area contributed by atoms with Gasteiger partial charge in [0.15, 0.2) is 11.5 Å². The molecule has 0 heterocycles. The fraction of sp³-hybridized carbons (Fsp3) is 0.696. The molecular formula is C23H32BrNO3. The quantitative estimate of drug-likeness (QED) is 0.575. The number of nitrogens with one attached hydrogen (secondary N) is 1. The number of halogens is 1. The Morgan fingerprint density at radius 2 is 1.79 bits per heavy atom. The summed E-state index contributed by atoms with van der Waals surface area (Å²) in [6.45, 7) is 5.85. The Balaban J connectivity index is 1.36. The summed E-state index contributed by atoms with van der Waals surface area (Å²) < 4.78 is 11.6. The molecule has 28 heavy (non-hydrogen) atoms. The lowest BCUT2D eigenvalue weighted by Crippen LogP contribution is -2.58. The van der Waals surface area contributed by atoms with Crippen LogP contribution in [-0.4, -0.2) is 30.0 Å². The average molecular weight is 450 g/mol. The molecule has 4 aliphatic carbocycles. The summed E-state index contributed by atoms with van der Waals surface area (Å²) in [6.07, 6.45) is 7.82. The molecule has 0 saturated heterocycles. The van der Waals surface area contributed by atoms with Crippen molar-refractivity contribution in [1.82, 2.24) is 5.32 Å². The molecule has 4 aliphatic rings. The highest BCUT2D eigenvalue weighted by molar-refractivity contribution is 9.10. The summed E-state index contributed by atoms with van der Waals surface area (Å²) >= 11 is 4.00. The molecule has 2 atom stereocenters. The number of carbonyl (C=O) groups excluding carboxylic acids is 1. The van der Waals surface area contributed by atoms with Gasteiger partial charge in [-0.05, 0) is 88.3 Å². The van der Waals surface area contributed by atoms with Crippen LogP contribution >= 0.6 is 15.9 Å². The van der Waals surface area contributed by atoms with E-state index in [0.29, 0.717) is 19.8 Å². The number of alkyl halides is 1. The van der Waals surface area contributed by atoms with E-state index < -0.39 is 0 Å². The molecule has 154 valence electrons. The smallest absolute Gasteiger partial charge is 0.226 e. The monoisotopic (exact) mass is 449 g/mol. The van der Waals surface area contributed by atoms with Gasteiger partial charge in [-0.15, -0.1) is 0 Å². The number of amides is 1. The third-order valence-corrected chi connectivity index (χ3v) is 7.71. The van der Waals surface area contributed by atoms with Gasteiger partial charge in [0.1, 0.15) is 0 Å². The molecule has 4 saturated carbocycles. The van der Waals surface area contributed by atoms with Crippen molar-refractivity contribution in [1.29, 1.82) is 0 Å². The van der Waals surface area contributed by atoms with E-state index in [-0.39, 0.29) is 15.6 Å². The van der Waals surface area contributed by atoms with Crippen molar-refractivity contribution in [2.45, 2.75) is 63.1 Å². The first-order valence-corrected chi connectivity index (χ1v) is 11.6. The second kappa shape index (κ2) is 7.89. The molecule has 4 nitrogen and oxygen atoms in total. The Hall–Kier alpha value is -1.23. The van der Waals surface area contributed by atoms with E-state index >= 15 is 0 Å². The summed E-state index contributed by atoms with van der Waals surface area (Å²) in [5, 5.41) is 3.26. The zero-order chi connectivity index (χ0) is 19.8. The minimum absolute atomic E-state index is 0.136. The zero-order valence-corrected chi connectivity index (χ0v) is 18.6. The lowest BCUT2D eigenvalue weighted by Gasteiger charge is -2.59. The van der Waals surface area contributed by atoms with E-state index in [1.807, 2.05) is 26.0 Å². The number of hydrogen-bond acceptors (Lipinski definition) is 3. The van der Waals surface area contributed by atoms with Crippen LogP contribution in [0.4, 0.5) is 0 Å². The number of benzene rings is 1. The topological polar surface area (TPSA) is 47.6 Å². The molecular weight excluding hydrogens is 418 g/mol. The van der Waals surface area contributed by atoms with Crippen LogP contribution in [0.5, 0.6) is 11.5 Å². The van der Waals surface area contributed by atoms with Gasteiger partial charge in [-0.3, -0.25) is 4.79 Å². The highest BCUT2D eigenvalue weighted by Crippen LogP contribution is 2.64. The lowest BCUT2D eigenvalue weighted by atomic mass is 9.49. The van der Waals surface area contributed by atoms with Gasteiger partial charge in [0.2, 0.25) is 5.91 Å². The number of ether oxygens (including phenoxy) is 2. The van der Waals surface area contributed by atoms with Crippen molar-refractivity contribution < 1.29 is 14.3 Å². The number of rotatable bonds is 8. The maximum atomic E-state index is 13.2. The molecule has 0 aromatic heterocycles. The second-order valence-corrected chi connectivity index (χ2v) is 10.7. The van der Waals surface area contributed by atoms with Crippen molar-refractivity contribution >= 4 is 21.8 Å². The highest BCUT2D eigenvalue weighted by Gasteiger charge is 2.59. The first kappa shape index (κ1) is 20.1. The third-order valence-electron chi connectivity index (χ3n) is 6.78. The first-order valence-electron chi connectivity index (χ1n) is 10.8. The average Bonchev–Trinajstić information content (AvgIpc) is 2.62. The maximum absolute atomic E-state index is 13.2. The van der Waals surface area contributed by atoms with Crippen molar-refractivity contribution in [2.75, 3.05) is 19.8 Å². The molecule has 0 aliphatic heterocycles. The Morgan fingerprint density at radius 3 is 2.43 bits per heavy atom. The van der Waals surface area contributed by atoms with Crippen LogP contribution in [0.15, 0.2) is 18.2 Å². The van der Waals surface area contributed by atoms with E-state index in [4.69, 9.17) is 9.47 Å². The van der Waals surface area contributed by atoms with Gasteiger partial charge in [0, 0.05) is 10.9 Å². The molecule has 4 bridgehead atoms. The van der Waals surface area contributed by atoms with Gasteiger partial charge in [-0.1, -0.05) is 22.0 Å². The molecule has 1 aromatic carbocycles. The Kier molecular flexibility index (Phi) is 5.65. The predicted octanol–water partition coefficient (Wildman–Crippen LogP) is 4.88. The SMILES string of the molecule is CCOc1ccc(CCNC(=O)C23CC4CC(CC(Br)(C4)C2)C3)cc1OCC. The van der Waals surface area contributed by atoms with E-state index in [9.17, 15) is 4.79 Å². The molecule has 5 rings (SSSR count). The van der Waals surface area contributed by atoms with Crippen molar-refractivity contribution in [2.24, 2.45) is 17.3 Å². The van der Waals surface area contributed by atoms with Crippen molar-refractivity contribution in [3.05, 3.63) is 23.8 Å². The largest absolute Gasteiger partial charge is 0.490 e. The molecule has 4 fully saturated rings. The minimum atomic E-state index is -0.136. The van der Waals surface area contributed by atoms with E-state index in [2.05, 4.69) is 27.3 Å². The summed E-state index contributed by atoms with van der Waals surface area (Å²) in [5.41, 5.74) is 1.03. The van der Waals surface area contributed by atoms with Crippen LogP contribution < -0.4 is 14.8 Å². The Labute approximate surface area is 176 Å². The van der Waals surface area contributed by atoms with Crippen LogP contribution in [0.3, 0.4) is 0 Å². The predicted molar refractivity (Wildman–Crippen MR) is 114 cm³/mol. The van der Waals surface area contributed by atoms with Crippen LogP contribution in [0.1, 0.15) is 57.9 Å². The van der Waals surface area contributed by atoms with Gasteiger partial charge in [0.05, 0.1) is 18.6 Å². The molecule has 1 aromatic rings. The summed E-state index contributed by atoms with van der Waals surface area (Å²) in [6, 6.07) is 6.08. The molecule has 1 N–H and O–H groups in total. The highest BCUT2D eigenvalue weighted by atomic mass is 79.9. The minimum Gasteiger partial charge on any atom is -0.490 e. The van der Waals surface area contributed by atoms with Crippen LogP contribution in [0.25, 0.3) is 0 Å². The maximum Gasteiger partial charge on any atom is 0.226 e. The second-order valence-electron chi connectivity index (χ2n) is 9.05. The van der Waals surface area contributed by atoms with E-state index in [0.717, 1.165) is 54.6 Å². The lowest BCUT2D eigenvalue weighted by molar-refractivity contribution is -0.143. The normalized spacial score (nSPS) is 33.0. The number of carbonyl (C=O) groups is 1. The molecule has 0 spiro atoms. The first-order chi connectivity index (χ1) is 13.5. The van der Waals surface area contributed by atoms with Gasteiger partial charge in [0.25, 0.3) is 0 Å². The third kappa shape index (κ3) is 3.92.